The average Bonchev–Trinajstić information content (AvgIpc) is 2.85. The van der Waals surface area contributed by atoms with Crippen molar-refractivity contribution in [2.24, 2.45) is 7.05 Å². The lowest BCUT2D eigenvalue weighted by atomic mass is 10.2. The molecule has 2 N–H and O–H groups in total. The van der Waals surface area contributed by atoms with Crippen LogP contribution in [-0.4, -0.2) is 18.9 Å². The van der Waals surface area contributed by atoms with Gasteiger partial charge in [-0.3, -0.25) is 10.2 Å². The number of nitrogens with one attached hydrogen (secondary N) is 2. The van der Waals surface area contributed by atoms with Gasteiger partial charge in [-0.2, -0.15) is 0 Å². The average molecular weight is 372 g/mol. The molecule has 0 atom stereocenters. The summed E-state index contributed by atoms with van der Waals surface area (Å²) >= 11 is 3.23. The van der Waals surface area contributed by atoms with Crippen molar-refractivity contribution in [3.05, 3.63) is 52.3 Å². The Morgan fingerprint density at radius 2 is 2.00 bits per heavy atom. The van der Waals surface area contributed by atoms with E-state index in [1.165, 1.54) is 6.07 Å². The first kappa shape index (κ1) is 15.7. The van der Waals surface area contributed by atoms with Crippen LogP contribution in [0.15, 0.2) is 45.9 Å². The number of hydrazine groups is 1. The molecule has 1 aromatic carbocycles. The molecule has 0 spiro atoms. The Balaban J connectivity index is 2.17. The summed E-state index contributed by atoms with van der Waals surface area (Å²) in [6, 6.07) is 8.19. The van der Waals surface area contributed by atoms with Crippen LogP contribution in [0.3, 0.4) is 0 Å². The zero-order valence-electron chi connectivity index (χ0n) is 11.4. The van der Waals surface area contributed by atoms with Crippen molar-refractivity contribution in [2.75, 3.05) is 0 Å². The summed E-state index contributed by atoms with van der Waals surface area (Å²) in [7, 11) is -2.14. The minimum atomic E-state index is -3.83. The molecule has 1 heterocycles. The number of nitrogens with zero attached hydrogens (tertiary/aromatic N) is 1. The van der Waals surface area contributed by atoms with E-state index in [1.54, 1.807) is 49.0 Å². The molecule has 0 saturated heterocycles. The predicted molar refractivity (Wildman–Crippen MR) is 82.1 cm³/mol. The lowest BCUT2D eigenvalue weighted by Gasteiger charge is -2.11. The number of amides is 1. The summed E-state index contributed by atoms with van der Waals surface area (Å²) in [5.41, 5.74) is 3.13. The number of aromatic nitrogens is 1. The van der Waals surface area contributed by atoms with E-state index in [0.29, 0.717) is 15.7 Å². The fourth-order valence-electron chi connectivity index (χ4n) is 1.79. The molecule has 2 rings (SSSR count). The summed E-state index contributed by atoms with van der Waals surface area (Å²) in [6.45, 7) is 1.68. The molecule has 0 aliphatic heterocycles. The van der Waals surface area contributed by atoms with Crippen LogP contribution in [-0.2, 0) is 17.1 Å². The van der Waals surface area contributed by atoms with E-state index in [-0.39, 0.29) is 4.90 Å². The Bertz CT molecular complexity index is 784. The Morgan fingerprint density at radius 3 is 2.62 bits per heavy atom. The summed E-state index contributed by atoms with van der Waals surface area (Å²) in [4.78, 5) is 14.1. The van der Waals surface area contributed by atoms with Crippen LogP contribution >= 0.6 is 15.9 Å². The van der Waals surface area contributed by atoms with Crippen LogP contribution in [0.4, 0.5) is 0 Å². The Labute approximate surface area is 131 Å². The normalized spacial score (nSPS) is 11.4. The third-order valence-electron chi connectivity index (χ3n) is 2.92. The topological polar surface area (TPSA) is 80.2 Å². The number of carbonyl (C=O) groups is 1. The highest BCUT2D eigenvalue weighted by atomic mass is 79.9. The third-order valence-corrected chi connectivity index (χ3v) is 4.80. The predicted octanol–water partition coefficient (Wildman–Crippen LogP) is 1.72. The minimum Gasteiger partial charge on any atom is -0.347 e. The maximum atomic E-state index is 12.2. The van der Waals surface area contributed by atoms with Gasteiger partial charge >= 0.3 is 0 Å². The zero-order chi connectivity index (χ0) is 15.6. The van der Waals surface area contributed by atoms with Crippen LogP contribution < -0.4 is 10.3 Å². The molecule has 1 amide bonds. The Kier molecular flexibility index (Phi) is 4.50. The molecular formula is C13H14BrN3O3S. The minimum absolute atomic E-state index is 0.101. The molecule has 0 aliphatic rings. The highest BCUT2D eigenvalue weighted by Gasteiger charge is 2.19. The van der Waals surface area contributed by atoms with E-state index in [4.69, 9.17) is 0 Å². The highest BCUT2D eigenvalue weighted by molar-refractivity contribution is 9.10. The summed E-state index contributed by atoms with van der Waals surface area (Å²) < 4.78 is 26.7. The molecule has 0 fully saturated rings. The molecule has 0 radical (unpaired) electrons. The monoisotopic (exact) mass is 371 g/mol. The van der Waals surface area contributed by atoms with Gasteiger partial charge in [0.25, 0.3) is 15.9 Å². The first-order chi connectivity index (χ1) is 9.81. The molecule has 2 aromatic rings. The molecular weight excluding hydrogens is 358 g/mol. The van der Waals surface area contributed by atoms with Crippen molar-refractivity contribution in [2.45, 2.75) is 11.8 Å². The van der Waals surface area contributed by atoms with Gasteiger partial charge in [0.1, 0.15) is 5.69 Å². The van der Waals surface area contributed by atoms with Gasteiger partial charge in [0, 0.05) is 17.7 Å². The molecule has 0 saturated carbocycles. The van der Waals surface area contributed by atoms with Crippen LogP contribution in [0.2, 0.25) is 0 Å². The van der Waals surface area contributed by atoms with Gasteiger partial charge in [0.2, 0.25) is 0 Å². The van der Waals surface area contributed by atoms with Gasteiger partial charge in [-0.1, -0.05) is 22.0 Å². The van der Waals surface area contributed by atoms with Gasteiger partial charge in [-0.05, 0) is 36.8 Å². The number of halogens is 1. The quantitative estimate of drug-likeness (QED) is 0.802. The van der Waals surface area contributed by atoms with E-state index in [1.807, 2.05) is 0 Å². The molecule has 0 bridgehead atoms. The Morgan fingerprint density at radius 1 is 1.29 bits per heavy atom. The number of aryl methyl sites for hydroxylation is 2. The van der Waals surface area contributed by atoms with E-state index < -0.39 is 15.9 Å². The molecule has 112 valence electrons. The van der Waals surface area contributed by atoms with Crippen molar-refractivity contribution in [1.29, 1.82) is 0 Å². The maximum Gasteiger partial charge on any atom is 0.282 e. The van der Waals surface area contributed by atoms with Crippen LogP contribution in [0, 0.1) is 6.92 Å². The standard InChI is InChI=1S/C13H14BrN3O3S/c1-9-5-6-10(14)8-12(9)21(19,20)16-15-13(18)11-4-3-7-17(11)2/h3-8,16H,1-2H3,(H,15,18). The van der Waals surface area contributed by atoms with Crippen molar-refractivity contribution in [1.82, 2.24) is 14.8 Å². The van der Waals surface area contributed by atoms with Crippen LogP contribution in [0.1, 0.15) is 16.1 Å². The lowest BCUT2D eigenvalue weighted by Crippen LogP contribution is -2.42. The van der Waals surface area contributed by atoms with Gasteiger partial charge in [-0.25, -0.2) is 8.42 Å². The first-order valence-corrected chi connectivity index (χ1v) is 8.28. The van der Waals surface area contributed by atoms with Crippen molar-refractivity contribution in [3.63, 3.8) is 0 Å². The van der Waals surface area contributed by atoms with Gasteiger partial charge in [0.05, 0.1) is 4.90 Å². The second kappa shape index (κ2) is 6.00. The van der Waals surface area contributed by atoms with E-state index in [2.05, 4.69) is 26.2 Å². The van der Waals surface area contributed by atoms with E-state index >= 15 is 0 Å². The highest BCUT2D eigenvalue weighted by Crippen LogP contribution is 2.20. The molecule has 8 heteroatoms. The largest absolute Gasteiger partial charge is 0.347 e. The van der Waals surface area contributed by atoms with Gasteiger partial charge < -0.3 is 4.57 Å². The summed E-state index contributed by atoms with van der Waals surface area (Å²) in [5.74, 6) is -0.529. The van der Waals surface area contributed by atoms with Gasteiger partial charge in [-0.15, -0.1) is 4.83 Å². The van der Waals surface area contributed by atoms with Crippen molar-refractivity contribution >= 4 is 31.9 Å². The number of sulfonamides is 1. The second-order valence-corrected chi connectivity index (χ2v) is 7.04. The van der Waals surface area contributed by atoms with E-state index in [0.717, 1.165) is 0 Å². The van der Waals surface area contributed by atoms with Crippen LogP contribution in [0.25, 0.3) is 0 Å². The maximum absolute atomic E-state index is 12.2. The molecule has 0 aliphatic carbocycles. The van der Waals surface area contributed by atoms with Crippen LogP contribution in [0.5, 0.6) is 0 Å². The number of hydrogen-bond acceptors (Lipinski definition) is 3. The van der Waals surface area contributed by atoms with Crippen molar-refractivity contribution in [3.8, 4) is 0 Å². The van der Waals surface area contributed by atoms with E-state index in [9.17, 15) is 13.2 Å². The van der Waals surface area contributed by atoms with Crippen molar-refractivity contribution < 1.29 is 13.2 Å². The molecule has 6 nitrogen and oxygen atoms in total. The number of carbonyl (C=O) groups excluding carboxylic acids is 1. The lowest BCUT2D eigenvalue weighted by molar-refractivity contribution is 0.0937. The molecule has 21 heavy (non-hydrogen) atoms. The zero-order valence-corrected chi connectivity index (χ0v) is 13.8. The second-order valence-electron chi connectivity index (χ2n) is 4.47. The fourth-order valence-corrected chi connectivity index (χ4v) is 3.42. The smallest absolute Gasteiger partial charge is 0.282 e. The number of benzene rings is 1. The fraction of sp³-hybridized carbons (Fsp3) is 0.154. The molecule has 0 unspecified atom stereocenters. The van der Waals surface area contributed by atoms with Gasteiger partial charge in [0.15, 0.2) is 0 Å². The SMILES string of the molecule is Cc1ccc(Br)cc1S(=O)(=O)NNC(=O)c1cccn1C. The third kappa shape index (κ3) is 3.52. The summed E-state index contributed by atoms with van der Waals surface area (Å²) in [5, 5.41) is 0. The number of rotatable bonds is 4. The summed E-state index contributed by atoms with van der Waals surface area (Å²) in [6.07, 6.45) is 1.70. The molecule has 1 aromatic heterocycles. The first-order valence-electron chi connectivity index (χ1n) is 6.01. The Hall–Kier alpha value is -1.64. The number of hydrogen-bond donors (Lipinski definition) is 2.